The SMILES string of the molecule is CCN(C=NN=CN(CC)CC)CC.Cl.Cl. The first kappa shape index (κ1) is 20.9. The highest BCUT2D eigenvalue weighted by molar-refractivity contribution is 5.85. The van der Waals surface area contributed by atoms with E-state index < -0.39 is 0 Å². The van der Waals surface area contributed by atoms with E-state index in [0.717, 1.165) is 26.2 Å². The first-order valence-corrected chi connectivity index (χ1v) is 5.33. The van der Waals surface area contributed by atoms with Gasteiger partial charge in [0.2, 0.25) is 0 Å². The Morgan fingerprint density at radius 3 is 1.12 bits per heavy atom. The topological polar surface area (TPSA) is 31.2 Å². The summed E-state index contributed by atoms with van der Waals surface area (Å²) in [6, 6.07) is 0. The molecule has 0 radical (unpaired) electrons. The molecule has 0 spiro atoms. The molecule has 0 aliphatic heterocycles. The summed E-state index contributed by atoms with van der Waals surface area (Å²) >= 11 is 0. The summed E-state index contributed by atoms with van der Waals surface area (Å²) in [5.41, 5.74) is 0. The van der Waals surface area contributed by atoms with Crippen LogP contribution in [0.2, 0.25) is 0 Å². The lowest BCUT2D eigenvalue weighted by Crippen LogP contribution is -2.21. The zero-order chi connectivity index (χ0) is 10.8. The van der Waals surface area contributed by atoms with Crippen molar-refractivity contribution in [3.63, 3.8) is 0 Å². The van der Waals surface area contributed by atoms with E-state index in [4.69, 9.17) is 0 Å². The number of hydrogen-bond donors (Lipinski definition) is 0. The molecule has 6 heteroatoms. The minimum absolute atomic E-state index is 0. The van der Waals surface area contributed by atoms with Crippen LogP contribution in [-0.4, -0.2) is 48.7 Å². The monoisotopic (exact) mass is 270 g/mol. The number of nitrogens with zero attached hydrogens (tertiary/aromatic N) is 4. The molecule has 0 rings (SSSR count). The molecule has 0 bridgehead atoms. The molecule has 98 valence electrons. The van der Waals surface area contributed by atoms with E-state index in [2.05, 4.69) is 47.7 Å². The lowest BCUT2D eigenvalue weighted by Gasteiger charge is -2.13. The highest BCUT2D eigenvalue weighted by Crippen LogP contribution is 1.84. The summed E-state index contributed by atoms with van der Waals surface area (Å²) in [5.74, 6) is 0. The van der Waals surface area contributed by atoms with Crippen molar-refractivity contribution >= 4 is 37.5 Å². The molecule has 0 unspecified atom stereocenters. The molecule has 0 aromatic rings. The standard InChI is InChI=1S/C10H22N4.2ClH/c1-5-13(6-2)9-11-12-10-14(7-3)8-4;;/h9-10H,5-8H2,1-4H3;2*1H. The molecule has 0 atom stereocenters. The van der Waals surface area contributed by atoms with Crippen LogP contribution in [0.3, 0.4) is 0 Å². The molecule has 16 heavy (non-hydrogen) atoms. The first-order chi connectivity index (χ1) is 6.78. The number of hydrogen-bond acceptors (Lipinski definition) is 2. The Morgan fingerprint density at radius 2 is 0.938 bits per heavy atom. The van der Waals surface area contributed by atoms with E-state index in [1.165, 1.54) is 0 Å². The van der Waals surface area contributed by atoms with Gasteiger partial charge >= 0.3 is 0 Å². The largest absolute Gasteiger partial charge is 0.362 e. The molecule has 0 N–H and O–H groups in total. The summed E-state index contributed by atoms with van der Waals surface area (Å²) in [7, 11) is 0. The third kappa shape index (κ3) is 10.1. The van der Waals surface area contributed by atoms with Gasteiger partial charge in [-0.05, 0) is 27.7 Å². The van der Waals surface area contributed by atoms with Crippen LogP contribution >= 0.6 is 24.8 Å². The van der Waals surface area contributed by atoms with Crippen molar-refractivity contribution in [1.82, 2.24) is 9.80 Å². The highest BCUT2D eigenvalue weighted by Gasteiger charge is 1.90. The Labute approximate surface area is 112 Å². The van der Waals surface area contributed by atoms with Gasteiger partial charge in [-0.15, -0.1) is 35.0 Å². The van der Waals surface area contributed by atoms with Crippen molar-refractivity contribution in [2.45, 2.75) is 27.7 Å². The lowest BCUT2D eigenvalue weighted by molar-refractivity contribution is 0.473. The molecule has 0 aromatic heterocycles. The molecule has 0 aliphatic carbocycles. The summed E-state index contributed by atoms with van der Waals surface area (Å²) in [6.07, 6.45) is 3.56. The zero-order valence-electron chi connectivity index (χ0n) is 10.6. The molecule has 0 aromatic carbocycles. The molecule has 0 aliphatic rings. The van der Waals surface area contributed by atoms with Gasteiger partial charge in [0, 0.05) is 26.2 Å². The van der Waals surface area contributed by atoms with Crippen molar-refractivity contribution in [3.8, 4) is 0 Å². The molecule has 0 heterocycles. The Morgan fingerprint density at radius 1 is 0.688 bits per heavy atom. The van der Waals surface area contributed by atoms with Gasteiger partial charge in [-0.1, -0.05) is 0 Å². The van der Waals surface area contributed by atoms with Crippen molar-refractivity contribution in [2.75, 3.05) is 26.2 Å². The predicted octanol–water partition coefficient (Wildman–Crippen LogP) is 2.49. The maximum Gasteiger partial charge on any atom is 0.114 e. The molecular formula is C10H24Cl2N4. The fourth-order valence-electron chi connectivity index (χ4n) is 0.980. The summed E-state index contributed by atoms with van der Waals surface area (Å²) < 4.78 is 0. The molecule has 0 saturated heterocycles. The lowest BCUT2D eigenvalue weighted by atomic mass is 10.6. The zero-order valence-corrected chi connectivity index (χ0v) is 12.2. The van der Waals surface area contributed by atoms with Gasteiger partial charge in [-0.25, -0.2) is 0 Å². The van der Waals surface area contributed by atoms with Crippen molar-refractivity contribution < 1.29 is 0 Å². The summed E-state index contributed by atoms with van der Waals surface area (Å²) in [5, 5.41) is 7.96. The summed E-state index contributed by atoms with van der Waals surface area (Å²) in [4.78, 5) is 4.19. The van der Waals surface area contributed by atoms with Crippen LogP contribution in [0.5, 0.6) is 0 Å². The van der Waals surface area contributed by atoms with Crippen molar-refractivity contribution in [2.24, 2.45) is 10.2 Å². The van der Waals surface area contributed by atoms with Gasteiger partial charge in [0.25, 0.3) is 0 Å². The molecule has 0 amide bonds. The van der Waals surface area contributed by atoms with Gasteiger partial charge in [0.05, 0.1) is 0 Å². The molecule has 4 nitrogen and oxygen atoms in total. The van der Waals surface area contributed by atoms with Gasteiger partial charge in [0.1, 0.15) is 12.7 Å². The first-order valence-electron chi connectivity index (χ1n) is 5.33. The minimum atomic E-state index is 0. The fourth-order valence-corrected chi connectivity index (χ4v) is 0.980. The third-order valence-corrected chi connectivity index (χ3v) is 2.12. The van der Waals surface area contributed by atoms with Gasteiger partial charge in [-0.2, -0.15) is 0 Å². The summed E-state index contributed by atoms with van der Waals surface area (Å²) in [6.45, 7) is 12.3. The normalized spacial score (nSPS) is 10.0. The van der Waals surface area contributed by atoms with Gasteiger partial charge in [-0.3, -0.25) is 0 Å². The van der Waals surface area contributed by atoms with E-state index >= 15 is 0 Å². The maximum absolute atomic E-state index is 3.98. The van der Waals surface area contributed by atoms with Crippen LogP contribution in [-0.2, 0) is 0 Å². The van der Waals surface area contributed by atoms with Crippen LogP contribution in [0, 0.1) is 0 Å². The van der Waals surface area contributed by atoms with E-state index in [1.54, 1.807) is 12.7 Å². The quantitative estimate of drug-likeness (QED) is 0.404. The molecular weight excluding hydrogens is 247 g/mol. The van der Waals surface area contributed by atoms with Crippen LogP contribution in [0.1, 0.15) is 27.7 Å². The second-order valence-electron chi connectivity index (χ2n) is 2.90. The second kappa shape index (κ2) is 14.5. The van der Waals surface area contributed by atoms with E-state index in [0.29, 0.717) is 0 Å². The molecule has 0 fully saturated rings. The molecule has 0 saturated carbocycles. The van der Waals surface area contributed by atoms with Crippen LogP contribution in [0.25, 0.3) is 0 Å². The van der Waals surface area contributed by atoms with Gasteiger partial charge in [0.15, 0.2) is 0 Å². The average Bonchev–Trinajstić information content (AvgIpc) is 2.24. The second-order valence-corrected chi connectivity index (χ2v) is 2.90. The average molecular weight is 271 g/mol. The predicted molar refractivity (Wildman–Crippen MR) is 77.3 cm³/mol. The Hall–Kier alpha value is -0.480. The Kier molecular flexibility index (Phi) is 18.9. The van der Waals surface area contributed by atoms with Crippen LogP contribution in [0.4, 0.5) is 0 Å². The van der Waals surface area contributed by atoms with Gasteiger partial charge < -0.3 is 9.80 Å². The Bertz CT molecular complexity index is 158. The van der Waals surface area contributed by atoms with Crippen molar-refractivity contribution in [1.29, 1.82) is 0 Å². The maximum atomic E-state index is 3.98. The smallest absolute Gasteiger partial charge is 0.114 e. The van der Waals surface area contributed by atoms with E-state index in [1.807, 2.05) is 0 Å². The highest BCUT2D eigenvalue weighted by atomic mass is 35.5. The fraction of sp³-hybridized carbons (Fsp3) is 0.800. The van der Waals surface area contributed by atoms with Crippen LogP contribution in [0.15, 0.2) is 10.2 Å². The van der Waals surface area contributed by atoms with E-state index in [9.17, 15) is 0 Å². The van der Waals surface area contributed by atoms with E-state index in [-0.39, 0.29) is 24.8 Å². The minimum Gasteiger partial charge on any atom is -0.362 e. The van der Waals surface area contributed by atoms with Crippen LogP contribution < -0.4 is 0 Å². The Balaban J connectivity index is -0.000000845. The third-order valence-electron chi connectivity index (χ3n) is 2.12. The number of rotatable bonds is 7. The number of halogens is 2. The van der Waals surface area contributed by atoms with Crippen molar-refractivity contribution in [3.05, 3.63) is 0 Å².